The number of aryl methyl sites for hydroxylation is 2. The Morgan fingerprint density at radius 3 is 2.82 bits per heavy atom. The number of anilines is 1. The standard InChI is InChI=1S/C26H30N4O2S/c1-4-15-30-24(16-32-23-14-13-20-10-6-7-11-21(20)19(23)3)28-29-26(30)33-17-25(31)27-22-12-8-5-9-18(22)2/h4-5,8-9,12-14H,1,6-7,10-11,15-17H2,2-3H3,(H,27,31). The lowest BCUT2D eigenvalue weighted by molar-refractivity contribution is -0.113. The van der Waals surface area contributed by atoms with Crippen LogP contribution in [0.2, 0.25) is 0 Å². The van der Waals surface area contributed by atoms with Crippen molar-refractivity contribution in [3.63, 3.8) is 0 Å². The molecule has 1 aliphatic rings. The fourth-order valence-electron chi connectivity index (χ4n) is 4.16. The van der Waals surface area contributed by atoms with Gasteiger partial charge in [0.25, 0.3) is 0 Å². The molecule has 0 radical (unpaired) electrons. The average Bonchev–Trinajstić information content (AvgIpc) is 3.21. The Kier molecular flexibility index (Phi) is 7.50. The number of nitrogens with one attached hydrogen (secondary N) is 1. The van der Waals surface area contributed by atoms with Crippen LogP contribution in [0, 0.1) is 13.8 Å². The average molecular weight is 463 g/mol. The number of para-hydroxylation sites is 1. The highest BCUT2D eigenvalue weighted by atomic mass is 32.2. The highest BCUT2D eigenvalue weighted by Crippen LogP contribution is 2.31. The lowest BCUT2D eigenvalue weighted by atomic mass is 9.88. The molecular weight excluding hydrogens is 432 g/mol. The van der Waals surface area contributed by atoms with Gasteiger partial charge in [-0.15, -0.1) is 16.8 Å². The van der Waals surface area contributed by atoms with Crippen LogP contribution < -0.4 is 10.1 Å². The van der Waals surface area contributed by atoms with E-state index in [0.717, 1.165) is 29.8 Å². The van der Waals surface area contributed by atoms with Crippen LogP contribution in [0.1, 0.15) is 40.9 Å². The number of ether oxygens (including phenoxy) is 1. The van der Waals surface area contributed by atoms with Crippen LogP contribution in [0.3, 0.4) is 0 Å². The van der Waals surface area contributed by atoms with Crippen molar-refractivity contribution in [2.45, 2.75) is 57.8 Å². The first-order valence-corrected chi connectivity index (χ1v) is 12.3. The van der Waals surface area contributed by atoms with E-state index in [1.54, 1.807) is 6.08 Å². The van der Waals surface area contributed by atoms with E-state index in [-0.39, 0.29) is 11.7 Å². The van der Waals surface area contributed by atoms with Gasteiger partial charge in [0.15, 0.2) is 11.0 Å². The first kappa shape index (κ1) is 23.1. The zero-order valence-corrected chi connectivity index (χ0v) is 20.1. The van der Waals surface area contributed by atoms with Crippen LogP contribution in [0.5, 0.6) is 5.75 Å². The second-order valence-electron chi connectivity index (χ2n) is 8.27. The maximum Gasteiger partial charge on any atom is 0.234 e. The van der Waals surface area contributed by atoms with Crippen LogP contribution in [-0.4, -0.2) is 26.4 Å². The summed E-state index contributed by atoms with van der Waals surface area (Å²) in [5.41, 5.74) is 5.96. The van der Waals surface area contributed by atoms with Crippen LogP contribution in [-0.2, 0) is 30.8 Å². The van der Waals surface area contributed by atoms with E-state index in [2.05, 4.69) is 41.1 Å². The van der Waals surface area contributed by atoms with Crippen LogP contribution in [0.25, 0.3) is 0 Å². The summed E-state index contributed by atoms with van der Waals surface area (Å²) in [7, 11) is 0. The molecule has 1 N–H and O–H groups in total. The second-order valence-corrected chi connectivity index (χ2v) is 9.21. The molecule has 4 rings (SSSR count). The minimum Gasteiger partial charge on any atom is -0.485 e. The molecule has 0 bridgehead atoms. The lowest BCUT2D eigenvalue weighted by Gasteiger charge is -2.20. The van der Waals surface area contributed by atoms with Crippen molar-refractivity contribution < 1.29 is 9.53 Å². The molecule has 1 aliphatic carbocycles. The van der Waals surface area contributed by atoms with Crippen molar-refractivity contribution in [2.75, 3.05) is 11.1 Å². The Morgan fingerprint density at radius 1 is 1.18 bits per heavy atom. The van der Waals surface area contributed by atoms with Crippen LogP contribution >= 0.6 is 11.8 Å². The van der Waals surface area contributed by atoms with Crippen molar-refractivity contribution in [1.29, 1.82) is 0 Å². The monoisotopic (exact) mass is 462 g/mol. The van der Waals surface area contributed by atoms with E-state index in [1.807, 2.05) is 35.8 Å². The summed E-state index contributed by atoms with van der Waals surface area (Å²) >= 11 is 1.36. The molecule has 3 aromatic rings. The number of carbonyl (C=O) groups excluding carboxylic acids is 1. The van der Waals surface area contributed by atoms with Crippen LogP contribution in [0.4, 0.5) is 5.69 Å². The summed E-state index contributed by atoms with van der Waals surface area (Å²) in [6.45, 7) is 8.83. The summed E-state index contributed by atoms with van der Waals surface area (Å²) in [5.74, 6) is 1.78. The van der Waals surface area contributed by atoms with E-state index >= 15 is 0 Å². The third kappa shape index (κ3) is 5.47. The molecule has 0 saturated heterocycles. The molecule has 1 aromatic heterocycles. The number of benzene rings is 2. The Morgan fingerprint density at radius 2 is 2.00 bits per heavy atom. The molecule has 0 aliphatic heterocycles. The predicted molar refractivity (Wildman–Crippen MR) is 133 cm³/mol. The SMILES string of the molecule is C=CCn1c(COc2ccc3c(c2C)CCCC3)nnc1SCC(=O)Nc1ccccc1C. The normalized spacial score (nSPS) is 12.8. The Bertz CT molecular complexity index is 1160. The number of nitrogens with zero attached hydrogens (tertiary/aromatic N) is 3. The van der Waals surface area contributed by atoms with Crippen molar-refractivity contribution in [2.24, 2.45) is 0 Å². The number of thioether (sulfide) groups is 1. The van der Waals surface area contributed by atoms with E-state index in [4.69, 9.17) is 4.74 Å². The molecule has 1 heterocycles. The quantitative estimate of drug-likeness (QED) is 0.347. The molecule has 0 unspecified atom stereocenters. The van der Waals surface area contributed by atoms with Gasteiger partial charge in [0, 0.05) is 12.2 Å². The van der Waals surface area contributed by atoms with Crippen molar-refractivity contribution in [1.82, 2.24) is 14.8 Å². The van der Waals surface area contributed by atoms with Crippen LogP contribution in [0.15, 0.2) is 54.2 Å². The number of hydrogen-bond donors (Lipinski definition) is 1. The Balaban J connectivity index is 1.41. The van der Waals surface area contributed by atoms with Gasteiger partial charge >= 0.3 is 0 Å². The number of amides is 1. The number of carbonyl (C=O) groups is 1. The van der Waals surface area contributed by atoms with Crippen molar-refractivity contribution in [3.8, 4) is 5.75 Å². The molecule has 1 amide bonds. The number of allylic oxidation sites excluding steroid dienone is 1. The second kappa shape index (κ2) is 10.7. The molecule has 33 heavy (non-hydrogen) atoms. The van der Waals surface area contributed by atoms with Gasteiger partial charge in [-0.25, -0.2) is 0 Å². The largest absolute Gasteiger partial charge is 0.485 e. The predicted octanol–water partition coefficient (Wildman–Crippen LogP) is 5.27. The Hall–Kier alpha value is -3.06. The minimum absolute atomic E-state index is 0.0788. The first-order chi connectivity index (χ1) is 16.1. The van der Waals surface area contributed by atoms with E-state index < -0.39 is 0 Å². The lowest BCUT2D eigenvalue weighted by Crippen LogP contribution is -2.15. The van der Waals surface area contributed by atoms with Gasteiger partial charge < -0.3 is 10.1 Å². The Labute approximate surface area is 199 Å². The first-order valence-electron chi connectivity index (χ1n) is 11.3. The molecule has 6 nitrogen and oxygen atoms in total. The fourth-order valence-corrected chi connectivity index (χ4v) is 4.93. The van der Waals surface area contributed by atoms with Gasteiger partial charge in [-0.2, -0.15) is 0 Å². The fraction of sp³-hybridized carbons (Fsp3) is 0.346. The third-order valence-corrected chi connectivity index (χ3v) is 6.95. The van der Waals surface area contributed by atoms with Crippen molar-refractivity contribution in [3.05, 3.63) is 77.1 Å². The molecular formula is C26H30N4O2S. The number of fused-ring (bicyclic) bond motifs is 1. The van der Waals surface area contributed by atoms with E-state index in [1.165, 1.54) is 41.3 Å². The summed E-state index contributed by atoms with van der Waals surface area (Å²) < 4.78 is 8.11. The third-order valence-electron chi connectivity index (χ3n) is 5.98. The zero-order valence-electron chi connectivity index (χ0n) is 19.3. The zero-order chi connectivity index (χ0) is 23.2. The van der Waals surface area contributed by atoms with Gasteiger partial charge in [-0.05, 0) is 73.9 Å². The van der Waals surface area contributed by atoms with Gasteiger partial charge in [-0.1, -0.05) is 42.1 Å². The molecule has 0 fully saturated rings. The molecule has 172 valence electrons. The minimum atomic E-state index is -0.0788. The van der Waals surface area contributed by atoms with Gasteiger partial charge in [0.05, 0.1) is 5.75 Å². The molecule has 0 atom stereocenters. The van der Waals surface area contributed by atoms with Gasteiger partial charge in [0.2, 0.25) is 5.91 Å². The van der Waals surface area contributed by atoms with Gasteiger partial charge in [-0.3, -0.25) is 9.36 Å². The summed E-state index contributed by atoms with van der Waals surface area (Å²) in [4.78, 5) is 12.4. The molecule has 7 heteroatoms. The van der Waals surface area contributed by atoms with Crippen molar-refractivity contribution >= 4 is 23.4 Å². The summed E-state index contributed by atoms with van der Waals surface area (Å²) in [6.07, 6.45) is 6.58. The smallest absolute Gasteiger partial charge is 0.234 e. The number of rotatable bonds is 9. The summed E-state index contributed by atoms with van der Waals surface area (Å²) in [5, 5.41) is 12.3. The molecule has 0 spiro atoms. The highest BCUT2D eigenvalue weighted by Gasteiger charge is 2.17. The maximum absolute atomic E-state index is 12.4. The highest BCUT2D eigenvalue weighted by molar-refractivity contribution is 7.99. The van der Waals surface area contributed by atoms with Gasteiger partial charge in [0.1, 0.15) is 12.4 Å². The molecule has 0 saturated carbocycles. The van der Waals surface area contributed by atoms with E-state index in [0.29, 0.717) is 24.1 Å². The molecule has 2 aromatic carbocycles. The number of hydrogen-bond acceptors (Lipinski definition) is 5. The summed E-state index contributed by atoms with van der Waals surface area (Å²) in [6, 6.07) is 12.0. The topological polar surface area (TPSA) is 69.0 Å². The maximum atomic E-state index is 12.4. The number of aromatic nitrogens is 3. The van der Waals surface area contributed by atoms with E-state index in [9.17, 15) is 4.79 Å².